The number of thiazole rings is 1. The SMILES string of the molecule is CCCN1CCC(CN=C(NCC)N(C)Cc2csc(C)n2)CC1.I. The summed E-state index contributed by atoms with van der Waals surface area (Å²) in [7, 11) is 2.10. The topological polar surface area (TPSA) is 43.8 Å². The molecule has 0 atom stereocenters. The molecule has 1 aliphatic heterocycles. The average Bonchev–Trinajstić information content (AvgIpc) is 2.98. The van der Waals surface area contributed by atoms with Crippen LogP contribution < -0.4 is 5.32 Å². The Morgan fingerprint density at radius 2 is 2.12 bits per heavy atom. The Morgan fingerprint density at radius 1 is 1.40 bits per heavy atom. The van der Waals surface area contributed by atoms with E-state index in [2.05, 4.69) is 53.3 Å². The van der Waals surface area contributed by atoms with Crippen LogP contribution in [0.15, 0.2) is 10.4 Å². The Hall–Kier alpha value is -0.410. The molecule has 0 radical (unpaired) electrons. The average molecular weight is 479 g/mol. The van der Waals surface area contributed by atoms with E-state index in [1.54, 1.807) is 11.3 Å². The Balaban J connectivity index is 0.00000312. The summed E-state index contributed by atoms with van der Waals surface area (Å²) in [5.41, 5.74) is 1.12. The molecule has 0 saturated carbocycles. The molecular weight excluding hydrogens is 445 g/mol. The number of aliphatic imine (C=N–C) groups is 1. The number of aryl methyl sites for hydroxylation is 1. The van der Waals surface area contributed by atoms with Crippen molar-refractivity contribution in [2.75, 3.05) is 39.8 Å². The largest absolute Gasteiger partial charge is 0.357 e. The van der Waals surface area contributed by atoms with Gasteiger partial charge in [0.05, 0.1) is 17.2 Å². The molecule has 0 bridgehead atoms. The van der Waals surface area contributed by atoms with Crippen LogP contribution in [0, 0.1) is 12.8 Å². The maximum atomic E-state index is 4.90. The van der Waals surface area contributed by atoms with Crippen LogP contribution in [0.1, 0.15) is 43.8 Å². The maximum absolute atomic E-state index is 4.90. The van der Waals surface area contributed by atoms with Gasteiger partial charge in [-0.25, -0.2) is 4.98 Å². The Labute approximate surface area is 174 Å². The van der Waals surface area contributed by atoms with Crippen molar-refractivity contribution in [1.29, 1.82) is 0 Å². The van der Waals surface area contributed by atoms with Crippen molar-refractivity contribution in [3.05, 3.63) is 16.1 Å². The highest BCUT2D eigenvalue weighted by atomic mass is 127. The first-order chi connectivity index (χ1) is 11.6. The number of halogens is 1. The number of hydrogen-bond acceptors (Lipinski definition) is 4. The van der Waals surface area contributed by atoms with E-state index in [4.69, 9.17) is 4.99 Å². The van der Waals surface area contributed by atoms with Crippen LogP contribution in [0.5, 0.6) is 0 Å². The lowest BCUT2D eigenvalue weighted by Crippen LogP contribution is -2.39. The van der Waals surface area contributed by atoms with Gasteiger partial charge in [-0.15, -0.1) is 35.3 Å². The van der Waals surface area contributed by atoms with Gasteiger partial charge in [-0.3, -0.25) is 4.99 Å². The minimum atomic E-state index is 0. The van der Waals surface area contributed by atoms with Crippen molar-refractivity contribution in [1.82, 2.24) is 20.1 Å². The molecule has 1 aromatic rings. The molecule has 5 nitrogen and oxygen atoms in total. The molecular formula is C18H34IN5S. The molecule has 2 heterocycles. The zero-order chi connectivity index (χ0) is 17.4. The van der Waals surface area contributed by atoms with Gasteiger partial charge >= 0.3 is 0 Å². The molecule has 0 amide bonds. The number of likely N-dealkylation sites (tertiary alicyclic amines) is 1. The van der Waals surface area contributed by atoms with Gasteiger partial charge in [0, 0.05) is 25.5 Å². The van der Waals surface area contributed by atoms with E-state index in [-0.39, 0.29) is 24.0 Å². The summed E-state index contributed by atoms with van der Waals surface area (Å²) in [4.78, 5) is 14.2. The molecule has 2 rings (SSSR count). The van der Waals surface area contributed by atoms with Crippen molar-refractivity contribution >= 4 is 41.3 Å². The molecule has 0 spiro atoms. The Kier molecular flexibility index (Phi) is 10.9. The van der Waals surface area contributed by atoms with Gasteiger partial charge in [0.25, 0.3) is 0 Å². The molecule has 1 saturated heterocycles. The van der Waals surface area contributed by atoms with Crippen molar-refractivity contribution in [3.63, 3.8) is 0 Å². The van der Waals surface area contributed by atoms with Crippen LogP contribution in [0.4, 0.5) is 0 Å². The summed E-state index contributed by atoms with van der Waals surface area (Å²) in [6.45, 7) is 12.8. The van der Waals surface area contributed by atoms with Gasteiger partial charge in [-0.1, -0.05) is 6.92 Å². The van der Waals surface area contributed by atoms with E-state index in [0.717, 1.165) is 42.2 Å². The summed E-state index contributed by atoms with van der Waals surface area (Å²) < 4.78 is 0. The van der Waals surface area contributed by atoms with Crippen LogP contribution in [0.25, 0.3) is 0 Å². The number of nitrogens with zero attached hydrogens (tertiary/aromatic N) is 4. The van der Waals surface area contributed by atoms with Crippen molar-refractivity contribution in [2.45, 2.75) is 46.6 Å². The fourth-order valence-electron chi connectivity index (χ4n) is 3.19. The minimum absolute atomic E-state index is 0. The molecule has 0 aromatic carbocycles. The van der Waals surface area contributed by atoms with Gasteiger partial charge in [0.2, 0.25) is 0 Å². The monoisotopic (exact) mass is 479 g/mol. The summed E-state index contributed by atoms with van der Waals surface area (Å²) in [6.07, 6.45) is 3.81. The smallest absolute Gasteiger partial charge is 0.194 e. The molecule has 1 fully saturated rings. The second-order valence-electron chi connectivity index (χ2n) is 6.69. The maximum Gasteiger partial charge on any atom is 0.194 e. The molecule has 0 aliphatic carbocycles. The highest BCUT2D eigenvalue weighted by Crippen LogP contribution is 2.18. The Bertz CT molecular complexity index is 511. The fourth-order valence-corrected chi connectivity index (χ4v) is 3.80. The molecule has 144 valence electrons. The van der Waals surface area contributed by atoms with Gasteiger partial charge in [-0.2, -0.15) is 0 Å². The van der Waals surface area contributed by atoms with E-state index in [1.807, 2.05) is 0 Å². The second kappa shape index (κ2) is 12.1. The zero-order valence-corrected chi connectivity index (χ0v) is 19.3. The third-order valence-electron chi connectivity index (χ3n) is 4.51. The number of guanidine groups is 1. The minimum Gasteiger partial charge on any atom is -0.357 e. The van der Waals surface area contributed by atoms with Crippen LogP contribution >= 0.6 is 35.3 Å². The van der Waals surface area contributed by atoms with Crippen LogP contribution in [-0.2, 0) is 6.54 Å². The summed E-state index contributed by atoms with van der Waals surface area (Å²) in [6, 6.07) is 0. The number of piperidine rings is 1. The van der Waals surface area contributed by atoms with Gasteiger partial charge in [0.1, 0.15) is 0 Å². The molecule has 0 unspecified atom stereocenters. The van der Waals surface area contributed by atoms with Crippen LogP contribution in [0.3, 0.4) is 0 Å². The van der Waals surface area contributed by atoms with Gasteiger partial charge in [-0.05, 0) is 58.7 Å². The first kappa shape index (κ1) is 22.6. The standard InChI is InChI=1S/C18H33N5S.HI/c1-5-9-23-10-7-16(8-11-23)12-20-18(19-6-2)22(4)13-17-14-24-15(3)21-17;/h14,16H,5-13H2,1-4H3,(H,19,20);1H. The summed E-state index contributed by atoms with van der Waals surface area (Å²) in [5.74, 6) is 1.72. The third-order valence-corrected chi connectivity index (χ3v) is 5.33. The van der Waals surface area contributed by atoms with Crippen molar-refractivity contribution in [2.24, 2.45) is 10.9 Å². The predicted octanol–water partition coefficient (Wildman–Crippen LogP) is 3.59. The predicted molar refractivity (Wildman–Crippen MR) is 119 cm³/mol. The Morgan fingerprint density at radius 3 is 2.68 bits per heavy atom. The number of hydrogen-bond donors (Lipinski definition) is 1. The normalized spacial score (nSPS) is 16.6. The lowest BCUT2D eigenvalue weighted by atomic mass is 9.97. The van der Waals surface area contributed by atoms with E-state index < -0.39 is 0 Å². The number of rotatable bonds is 7. The lowest BCUT2D eigenvalue weighted by molar-refractivity contribution is 0.188. The second-order valence-corrected chi connectivity index (χ2v) is 7.76. The summed E-state index contributed by atoms with van der Waals surface area (Å²) in [5, 5.41) is 6.68. The molecule has 1 N–H and O–H groups in total. The van der Waals surface area contributed by atoms with Gasteiger partial charge in [0.15, 0.2) is 5.96 Å². The molecule has 25 heavy (non-hydrogen) atoms. The fraction of sp³-hybridized carbons (Fsp3) is 0.778. The van der Waals surface area contributed by atoms with E-state index >= 15 is 0 Å². The zero-order valence-electron chi connectivity index (χ0n) is 16.1. The van der Waals surface area contributed by atoms with Gasteiger partial charge < -0.3 is 15.1 Å². The number of nitrogens with one attached hydrogen (secondary N) is 1. The van der Waals surface area contributed by atoms with E-state index in [9.17, 15) is 0 Å². The van der Waals surface area contributed by atoms with Crippen molar-refractivity contribution in [3.8, 4) is 0 Å². The lowest BCUT2D eigenvalue weighted by Gasteiger charge is -2.31. The molecule has 1 aliphatic rings. The van der Waals surface area contributed by atoms with Crippen LogP contribution in [-0.4, -0.2) is 60.5 Å². The molecule has 7 heteroatoms. The third kappa shape index (κ3) is 7.78. The van der Waals surface area contributed by atoms with E-state index in [0.29, 0.717) is 0 Å². The summed E-state index contributed by atoms with van der Waals surface area (Å²) >= 11 is 1.71. The molecule has 1 aromatic heterocycles. The quantitative estimate of drug-likeness (QED) is 0.369. The van der Waals surface area contributed by atoms with E-state index in [1.165, 1.54) is 38.9 Å². The highest BCUT2D eigenvalue weighted by Gasteiger charge is 2.18. The van der Waals surface area contributed by atoms with Crippen molar-refractivity contribution < 1.29 is 0 Å². The first-order valence-electron chi connectivity index (χ1n) is 9.25. The number of aromatic nitrogens is 1. The highest BCUT2D eigenvalue weighted by molar-refractivity contribution is 14.0. The van der Waals surface area contributed by atoms with Crippen LogP contribution in [0.2, 0.25) is 0 Å². The first-order valence-corrected chi connectivity index (χ1v) is 10.1.